The molecule has 1 aromatic heterocycles. The third-order valence-corrected chi connectivity index (χ3v) is 4.89. The fourth-order valence-corrected chi connectivity index (χ4v) is 3.36. The van der Waals surface area contributed by atoms with E-state index in [0.29, 0.717) is 24.1 Å². The molecule has 1 aliphatic heterocycles. The number of piperidine rings is 1. The third kappa shape index (κ3) is 3.63. The molecule has 0 bridgehead atoms. The molecule has 2 heterocycles. The van der Waals surface area contributed by atoms with Gasteiger partial charge in [0.15, 0.2) is 0 Å². The van der Waals surface area contributed by atoms with Gasteiger partial charge in [0.1, 0.15) is 5.69 Å². The number of aromatic nitrogens is 2. The molecule has 0 radical (unpaired) electrons. The van der Waals surface area contributed by atoms with E-state index in [9.17, 15) is 9.59 Å². The van der Waals surface area contributed by atoms with Crippen molar-refractivity contribution >= 4 is 11.8 Å². The van der Waals surface area contributed by atoms with Crippen molar-refractivity contribution in [1.29, 1.82) is 0 Å². The first-order valence-electron chi connectivity index (χ1n) is 8.35. The topological polar surface area (TPSA) is 67.2 Å². The number of hydrogen-bond acceptors (Lipinski definition) is 3. The summed E-state index contributed by atoms with van der Waals surface area (Å²) in [5, 5.41) is 6.99. The lowest BCUT2D eigenvalue weighted by atomic mass is 9.95. The van der Waals surface area contributed by atoms with Crippen LogP contribution in [0.2, 0.25) is 0 Å². The molecular weight excluding hydrogens is 292 g/mol. The van der Waals surface area contributed by atoms with Crippen molar-refractivity contribution in [2.75, 3.05) is 19.6 Å². The number of aryl methyl sites for hydroxylation is 1. The van der Waals surface area contributed by atoms with Gasteiger partial charge in [-0.25, -0.2) is 0 Å². The molecule has 2 amide bonds. The predicted octanol–water partition coefficient (Wildman–Crippen LogP) is 1.35. The number of allylic oxidation sites excluding steroid dienone is 2. The van der Waals surface area contributed by atoms with Gasteiger partial charge in [0.2, 0.25) is 5.91 Å². The summed E-state index contributed by atoms with van der Waals surface area (Å²) >= 11 is 0. The van der Waals surface area contributed by atoms with Crippen LogP contribution in [0.1, 0.15) is 36.2 Å². The van der Waals surface area contributed by atoms with Crippen LogP contribution in [0.5, 0.6) is 0 Å². The first kappa shape index (κ1) is 15.8. The van der Waals surface area contributed by atoms with Crippen molar-refractivity contribution in [3.8, 4) is 0 Å². The summed E-state index contributed by atoms with van der Waals surface area (Å²) < 4.78 is 1.58. The van der Waals surface area contributed by atoms with E-state index in [2.05, 4.69) is 22.6 Å². The van der Waals surface area contributed by atoms with E-state index in [0.717, 1.165) is 38.8 Å². The van der Waals surface area contributed by atoms with E-state index in [1.165, 1.54) is 0 Å². The van der Waals surface area contributed by atoms with Gasteiger partial charge >= 0.3 is 0 Å². The van der Waals surface area contributed by atoms with Gasteiger partial charge in [-0.3, -0.25) is 14.3 Å². The standard InChI is InChI=1S/C17H24N4O2/c1-20-15(6-9-19-20)16(22)18-12-13-7-10-21(11-8-13)17(23)14-4-2-3-5-14/h2-3,6,9,13-14H,4-5,7-8,10-12H2,1H3,(H,18,22). The fraction of sp³-hybridized carbons (Fsp3) is 0.588. The van der Waals surface area contributed by atoms with Crippen molar-refractivity contribution in [3.63, 3.8) is 0 Å². The van der Waals surface area contributed by atoms with Crippen LogP contribution in [0, 0.1) is 11.8 Å². The average Bonchev–Trinajstić information content (AvgIpc) is 3.24. The quantitative estimate of drug-likeness (QED) is 0.853. The van der Waals surface area contributed by atoms with Gasteiger partial charge in [-0.2, -0.15) is 5.10 Å². The summed E-state index contributed by atoms with van der Waals surface area (Å²) in [5.41, 5.74) is 0.575. The molecule has 0 saturated carbocycles. The molecule has 6 heteroatoms. The molecule has 1 fully saturated rings. The summed E-state index contributed by atoms with van der Waals surface area (Å²) in [7, 11) is 1.76. The normalized spacial score (nSPS) is 19.3. The third-order valence-electron chi connectivity index (χ3n) is 4.89. The molecule has 2 aliphatic rings. The molecule has 6 nitrogen and oxygen atoms in total. The summed E-state index contributed by atoms with van der Waals surface area (Å²) in [6.45, 7) is 2.28. The molecule has 1 aliphatic carbocycles. The Morgan fingerprint density at radius 2 is 1.96 bits per heavy atom. The van der Waals surface area contributed by atoms with Crippen LogP contribution in [0.15, 0.2) is 24.4 Å². The van der Waals surface area contributed by atoms with E-state index in [4.69, 9.17) is 0 Å². The van der Waals surface area contributed by atoms with Crippen LogP contribution in [0.25, 0.3) is 0 Å². The Kier molecular flexibility index (Phi) is 4.79. The maximum Gasteiger partial charge on any atom is 0.269 e. The van der Waals surface area contributed by atoms with Crippen LogP contribution >= 0.6 is 0 Å². The highest BCUT2D eigenvalue weighted by Crippen LogP contribution is 2.24. The Balaban J connectivity index is 1.42. The second-order valence-electron chi connectivity index (χ2n) is 6.46. The number of carbonyl (C=O) groups excluding carboxylic acids is 2. The lowest BCUT2D eigenvalue weighted by molar-refractivity contribution is -0.136. The smallest absolute Gasteiger partial charge is 0.269 e. The first-order chi connectivity index (χ1) is 11.1. The van der Waals surface area contributed by atoms with Crippen LogP contribution in [-0.2, 0) is 11.8 Å². The molecule has 1 saturated heterocycles. The Morgan fingerprint density at radius 1 is 1.26 bits per heavy atom. The Labute approximate surface area is 136 Å². The predicted molar refractivity (Wildman–Crippen MR) is 86.7 cm³/mol. The molecule has 3 rings (SSSR count). The SMILES string of the molecule is Cn1nccc1C(=O)NCC1CCN(C(=O)C2CC=CC2)CC1. The lowest BCUT2D eigenvalue weighted by Gasteiger charge is -2.33. The van der Waals surface area contributed by atoms with Crippen molar-refractivity contribution in [2.45, 2.75) is 25.7 Å². The van der Waals surface area contributed by atoms with Gasteiger partial charge in [0.05, 0.1) is 0 Å². The summed E-state index contributed by atoms with van der Waals surface area (Å²) in [4.78, 5) is 26.4. The molecule has 0 spiro atoms. The maximum atomic E-state index is 12.4. The molecule has 23 heavy (non-hydrogen) atoms. The summed E-state index contributed by atoms with van der Waals surface area (Å²) in [5.74, 6) is 0.821. The fourth-order valence-electron chi connectivity index (χ4n) is 3.36. The van der Waals surface area contributed by atoms with Crippen molar-refractivity contribution in [1.82, 2.24) is 20.0 Å². The molecular formula is C17H24N4O2. The number of likely N-dealkylation sites (tertiary alicyclic amines) is 1. The molecule has 0 aromatic carbocycles. The Hall–Kier alpha value is -2.11. The monoisotopic (exact) mass is 316 g/mol. The van der Waals surface area contributed by atoms with E-state index >= 15 is 0 Å². The number of carbonyl (C=O) groups is 2. The van der Waals surface area contributed by atoms with E-state index in [-0.39, 0.29) is 11.8 Å². The van der Waals surface area contributed by atoms with Gasteiger partial charge in [-0.05, 0) is 37.7 Å². The second kappa shape index (κ2) is 6.98. The molecule has 124 valence electrons. The van der Waals surface area contributed by atoms with Crippen LogP contribution in [0.3, 0.4) is 0 Å². The van der Waals surface area contributed by atoms with Gasteiger partial charge < -0.3 is 10.2 Å². The number of hydrogen-bond donors (Lipinski definition) is 1. The van der Waals surface area contributed by atoms with Crippen molar-refractivity contribution in [3.05, 3.63) is 30.1 Å². The Morgan fingerprint density at radius 3 is 2.57 bits per heavy atom. The zero-order chi connectivity index (χ0) is 16.2. The van der Waals surface area contributed by atoms with E-state index in [1.54, 1.807) is 24.0 Å². The summed E-state index contributed by atoms with van der Waals surface area (Å²) in [6.07, 6.45) is 9.51. The lowest BCUT2D eigenvalue weighted by Crippen LogP contribution is -2.43. The molecule has 1 N–H and O–H groups in total. The first-order valence-corrected chi connectivity index (χ1v) is 8.35. The van der Waals surface area contributed by atoms with Crippen molar-refractivity contribution < 1.29 is 9.59 Å². The van der Waals surface area contributed by atoms with Crippen LogP contribution in [-0.4, -0.2) is 46.1 Å². The minimum atomic E-state index is -0.0828. The zero-order valence-corrected chi connectivity index (χ0v) is 13.6. The minimum Gasteiger partial charge on any atom is -0.350 e. The zero-order valence-electron chi connectivity index (χ0n) is 13.6. The van der Waals surface area contributed by atoms with E-state index < -0.39 is 0 Å². The minimum absolute atomic E-state index is 0.0828. The highest BCUT2D eigenvalue weighted by Gasteiger charge is 2.28. The van der Waals surface area contributed by atoms with Crippen LogP contribution < -0.4 is 5.32 Å². The molecule has 0 atom stereocenters. The Bertz CT molecular complexity index is 591. The van der Waals surface area contributed by atoms with Crippen LogP contribution in [0.4, 0.5) is 0 Å². The maximum absolute atomic E-state index is 12.4. The van der Waals surface area contributed by atoms with Gasteiger partial charge in [-0.15, -0.1) is 0 Å². The van der Waals surface area contributed by atoms with Crippen molar-refractivity contribution in [2.24, 2.45) is 18.9 Å². The van der Waals surface area contributed by atoms with Gasteiger partial charge in [0, 0.05) is 38.8 Å². The highest BCUT2D eigenvalue weighted by molar-refractivity contribution is 5.92. The van der Waals surface area contributed by atoms with Gasteiger partial charge in [-0.1, -0.05) is 12.2 Å². The number of nitrogens with zero attached hydrogens (tertiary/aromatic N) is 3. The van der Waals surface area contributed by atoms with E-state index in [1.807, 2.05) is 4.90 Å². The second-order valence-corrected chi connectivity index (χ2v) is 6.46. The number of amides is 2. The van der Waals surface area contributed by atoms with Gasteiger partial charge in [0.25, 0.3) is 5.91 Å². The number of nitrogens with one attached hydrogen (secondary N) is 1. The molecule has 0 unspecified atom stereocenters. The largest absolute Gasteiger partial charge is 0.350 e. The number of rotatable bonds is 4. The average molecular weight is 316 g/mol. The highest BCUT2D eigenvalue weighted by atomic mass is 16.2. The molecule has 1 aromatic rings. The summed E-state index contributed by atoms with van der Waals surface area (Å²) in [6, 6.07) is 1.71.